The maximum absolute atomic E-state index is 14.3. The summed E-state index contributed by atoms with van der Waals surface area (Å²) in [4.78, 5) is 0. The van der Waals surface area contributed by atoms with E-state index in [1.807, 2.05) is 97.1 Å². The molecule has 63 heavy (non-hydrogen) atoms. The first-order valence-corrected chi connectivity index (χ1v) is 24.5. The number of hydrogen-bond donors (Lipinski definition) is 0. The van der Waals surface area contributed by atoms with Crippen molar-refractivity contribution in [2.75, 3.05) is 26.4 Å². The summed E-state index contributed by atoms with van der Waals surface area (Å²) < 4.78 is 65.3. The molecule has 10 heteroatoms. The molecule has 1 spiro atoms. The van der Waals surface area contributed by atoms with Crippen LogP contribution in [0.5, 0.6) is 11.5 Å². The maximum Gasteiger partial charge on any atom is 0.530 e. The minimum absolute atomic E-state index is 0.0731. The maximum atomic E-state index is 14.3. The molecule has 2 aliphatic heterocycles. The molecule has 0 bridgehead atoms. The van der Waals surface area contributed by atoms with Crippen molar-refractivity contribution < 1.29 is 36.3 Å². The van der Waals surface area contributed by atoms with Gasteiger partial charge in [-0.2, -0.15) is 0 Å². The molecule has 328 valence electrons. The lowest BCUT2D eigenvalue weighted by Gasteiger charge is -2.42. The summed E-state index contributed by atoms with van der Waals surface area (Å²) in [7, 11) is -8.25. The molecule has 0 aliphatic carbocycles. The molecule has 6 aromatic carbocycles. The third-order valence-corrected chi connectivity index (χ3v) is 15.9. The van der Waals surface area contributed by atoms with Gasteiger partial charge in [-0.1, -0.05) is 201 Å². The highest BCUT2D eigenvalue weighted by Gasteiger charge is 2.52. The van der Waals surface area contributed by atoms with Gasteiger partial charge in [-0.3, -0.25) is 18.1 Å². The fraction of sp³-hybridized carbons (Fsp3) is 0.321. The molecule has 8 nitrogen and oxygen atoms in total. The lowest BCUT2D eigenvalue weighted by molar-refractivity contribution is -0.0854. The highest BCUT2D eigenvalue weighted by Crippen LogP contribution is 2.61. The molecular weight excluding hydrogens is 827 g/mol. The summed E-state index contributed by atoms with van der Waals surface area (Å²) in [5.74, 6) is 0.800. The van der Waals surface area contributed by atoms with Crippen molar-refractivity contribution in [3.8, 4) is 11.5 Å². The zero-order valence-electron chi connectivity index (χ0n) is 37.5. The molecule has 2 aliphatic rings. The fourth-order valence-electron chi connectivity index (χ4n) is 8.57. The van der Waals surface area contributed by atoms with Crippen LogP contribution in [0, 0.1) is 5.41 Å². The van der Waals surface area contributed by atoms with Gasteiger partial charge in [0, 0.05) is 32.8 Å². The van der Waals surface area contributed by atoms with Gasteiger partial charge in [0.25, 0.3) is 0 Å². The molecular formula is C53H58O8P2. The standard InChI is InChI=1S/C53H58O8P2/c1-49(2,39-21-13-9-14-22-39)43-29-31-47(45(33-43)51(5,6)41-25-17-11-18-26-41)60-62(54)56-35-53(36-57-62)37-58-63(55,59-38-53)61-48-32-30-44(50(3,4)40-23-15-10-16-24-40)34-46(48)52(7,8)42-27-19-12-20-28-42/h9-34H,35-38H2,1-8H3. The van der Waals surface area contributed by atoms with Crippen molar-refractivity contribution in [2.24, 2.45) is 5.41 Å². The van der Waals surface area contributed by atoms with Crippen LogP contribution in [-0.2, 0) is 48.9 Å². The van der Waals surface area contributed by atoms with Crippen LogP contribution in [-0.4, -0.2) is 26.4 Å². The van der Waals surface area contributed by atoms with E-state index in [0.717, 1.165) is 33.4 Å². The number of phosphoric acid groups is 2. The Balaban J connectivity index is 1.01. The van der Waals surface area contributed by atoms with Gasteiger partial charge in [0.15, 0.2) is 0 Å². The molecule has 0 radical (unpaired) electrons. The van der Waals surface area contributed by atoms with Crippen molar-refractivity contribution in [2.45, 2.75) is 77.0 Å². The average Bonchev–Trinajstić information content (AvgIpc) is 3.30. The van der Waals surface area contributed by atoms with E-state index in [-0.39, 0.29) is 37.3 Å². The van der Waals surface area contributed by atoms with Gasteiger partial charge < -0.3 is 9.05 Å². The SMILES string of the molecule is CC(C)(c1ccccc1)c1ccc(OP2(=O)OCC3(CO2)COP(=O)(Oc2ccc(C(C)(C)c4ccccc4)cc2C(C)(C)c2ccccc2)OC3)c(C(C)(C)c2ccccc2)c1. The topological polar surface area (TPSA) is 89.5 Å². The average molecular weight is 885 g/mol. The predicted molar refractivity (Wildman–Crippen MR) is 250 cm³/mol. The van der Waals surface area contributed by atoms with Crippen LogP contribution in [0.3, 0.4) is 0 Å². The van der Waals surface area contributed by atoms with E-state index < -0.39 is 31.9 Å². The zero-order valence-corrected chi connectivity index (χ0v) is 39.3. The lowest BCUT2D eigenvalue weighted by atomic mass is 9.73. The van der Waals surface area contributed by atoms with Gasteiger partial charge in [-0.15, -0.1) is 0 Å². The minimum atomic E-state index is -4.12. The van der Waals surface area contributed by atoms with Crippen LogP contribution in [0.25, 0.3) is 0 Å². The number of rotatable bonds is 12. The summed E-state index contributed by atoms with van der Waals surface area (Å²) in [6.07, 6.45) is 0. The Hall–Kier alpha value is -4.78. The Morgan fingerprint density at radius 3 is 0.937 bits per heavy atom. The molecule has 2 heterocycles. The first-order chi connectivity index (χ1) is 29.9. The third-order valence-electron chi connectivity index (χ3n) is 13.3. The monoisotopic (exact) mass is 884 g/mol. The van der Waals surface area contributed by atoms with Crippen molar-refractivity contribution in [3.63, 3.8) is 0 Å². The summed E-state index contributed by atoms with van der Waals surface area (Å²) in [5, 5.41) is 0. The number of phosphoric ester groups is 2. The second-order valence-electron chi connectivity index (χ2n) is 19.1. The molecule has 0 aromatic heterocycles. The predicted octanol–water partition coefficient (Wildman–Crippen LogP) is 13.7. The molecule has 6 aromatic rings. The first kappa shape index (κ1) is 44.8. The highest BCUT2D eigenvalue weighted by atomic mass is 31.2. The van der Waals surface area contributed by atoms with Gasteiger partial charge in [-0.05, 0) is 45.5 Å². The molecule has 2 saturated heterocycles. The summed E-state index contributed by atoms with van der Waals surface area (Å²) in [6.45, 7) is 17.0. The largest absolute Gasteiger partial charge is 0.530 e. The molecule has 8 rings (SSSR count). The Morgan fingerprint density at radius 2 is 0.651 bits per heavy atom. The molecule has 2 fully saturated rings. The van der Waals surface area contributed by atoms with Crippen LogP contribution in [0.4, 0.5) is 0 Å². The van der Waals surface area contributed by atoms with Crippen LogP contribution in [0.2, 0.25) is 0 Å². The smallest absolute Gasteiger partial charge is 0.404 e. The Labute approximate surface area is 373 Å². The van der Waals surface area contributed by atoms with E-state index in [1.165, 1.54) is 11.1 Å². The van der Waals surface area contributed by atoms with Gasteiger partial charge in [0.2, 0.25) is 0 Å². The second kappa shape index (κ2) is 17.0. The van der Waals surface area contributed by atoms with E-state index in [0.29, 0.717) is 11.5 Å². The summed E-state index contributed by atoms with van der Waals surface area (Å²) >= 11 is 0. The van der Waals surface area contributed by atoms with Crippen LogP contribution in [0.15, 0.2) is 158 Å². The van der Waals surface area contributed by atoms with Crippen LogP contribution >= 0.6 is 15.6 Å². The van der Waals surface area contributed by atoms with Crippen LogP contribution in [0.1, 0.15) is 99.9 Å². The van der Waals surface area contributed by atoms with E-state index in [9.17, 15) is 9.13 Å². The number of hydrogen-bond acceptors (Lipinski definition) is 8. The van der Waals surface area contributed by atoms with Crippen molar-refractivity contribution in [3.05, 3.63) is 202 Å². The molecule has 0 N–H and O–H groups in total. The second-order valence-corrected chi connectivity index (χ2v) is 22.2. The fourth-order valence-corrected chi connectivity index (χ4v) is 11.5. The summed E-state index contributed by atoms with van der Waals surface area (Å²) in [5.41, 5.74) is 5.65. The Morgan fingerprint density at radius 1 is 0.381 bits per heavy atom. The molecule has 0 unspecified atom stereocenters. The van der Waals surface area contributed by atoms with Crippen LogP contribution < -0.4 is 9.05 Å². The molecule has 0 saturated carbocycles. The first-order valence-electron chi connectivity index (χ1n) is 21.6. The third kappa shape index (κ3) is 9.00. The normalized spacial score (nSPS) is 22.1. The van der Waals surface area contributed by atoms with Crippen molar-refractivity contribution in [1.29, 1.82) is 0 Å². The minimum Gasteiger partial charge on any atom is -0.404 e. The Bertz CT molecular complexity index is 2430. The highest BCUT2D eigenvalue weighted by molar-refractivity contribution is 7.49. The molecule has 0 amide bonds. The summed E-state index contributed by atoms with van der Waals surface area (Å²) in [6, 6.07) is 53.1. The quantitative estimate of drug-likeness (QED) is 0.112. The van der Waals surface area contributed by atoms with E-state index in [2.05, 4.69) is 116 Å². The van der Waals surface area contributed by atoms with E-state index in [4.69, 9.17) is 27.1 Å². The van der Waals surface area contributed by atoms with E-state index in [1.54, 1.807) is 0 Å². The Kier molecular flexibility index (Phi) is 12.1. The lowest BCUT2D eigenvalue weighted by Crippen LogP contribution is -2.46. The van der Waals surface area contributed by atoms with Crippen molar-refractivity contribution >= 4 is 15.6 Å². The number of benzene rings is 6. The zero-order chi connectivity index (χ0) is 44.7. The van der Waals surface area contributed by atoms with Gasteiger partial charge in [-0.25, -0.2) is 9.13 Å². The van der Waals surface area contributed by atoms with Gasteiger partial charge >= 0.3 is 15.6 Å². The van der Waals surface area contributed by atoms with Gasteiger partial charge in [0.05, 0.1) is 31.8 Å². The molecule has 0 atom stereocenters. The van der Waals surface area contributed by atoms with E-state index >= 15 is 0 Å². The van der Waals surface area contributed by atoms with Gasteiger partial charge in [0.1, 0.15) is 11.5 Å². The van der Waals surface area contributed by atoms with Crippen molar-refractivity contribution in [1.82, 2.24) is 0 Å².